The minimum Gasteiger partial charge on any atom is -0.495 e. The van der Waals surface area contributed by atoms with E-state index in [1.807, 2.05) is 36.1 Å². The van der Waals surface area contributed by atoms with Crippen molar-refractivity contribution in [3.8, 4) is 5.75 Å². The highest BCUT2D eigenvalue weighted by Crippen LogP contribution is 2.25. The third kappa shape index (κ3) is 4.11. The van der Waals surface area contributed by atoms with Crippen LogP contribution in [0.25, 0.3) is 0 Å². The Bertz CT molecular complexity index is 772. The first-order chi connectivity index (χ1) is 12.6. The van der Waals surface area contributed by atoms with E-state index in [2.05, 4.69) is 27.1 Å². The van der Waals surface area contributed by atoms with E-state index in [4.69, 9.17) is 4.74 Å². The van der Waals surface area contributed by atoms with Crippen molar-refractivity contribution in [2.45, 2.75) is 13.8 Å². The van der Waals surface area contributed by atoms with Crippen molar-refractivity contribution in [1.29, 1.82) is 0 Å². The van der Waals surface area contributed by atoms with E-state index in [-0.39, 0.29) is 5.91 Å². The number of nitrogens with one attached hydrogen (secondary N) is 1. The van der Waals surface area contributed by atoms with Crippen LogP contribution in [0, 0.1) is 6.92 Å². The van der Waals surface area contributed by atoms with Crippen LogP contribution in [0.5, 0.6) is 5.75 Å². The molecule has 2 heterocycles. The lowest BCUT2D eigenvalue weighted by atomic mass is 10.2. The molecule has 7 heteroatoms. The predicted octanol–water partition coefficient (Wildman–Crippen LogP) is 2.31. The molecule has 3 rings (SSSR count). The molecular formula is C19H25N5O2. The van der Waals surface area contributed by atoms with Crippen molar-refractivity contribution in [1.82, 2.24) is 19.8 Å². The molecule has 1 fully saturated rings. The normalized spacial score (nSPS) is 15.0. The summed E-state index contributed by atoms with van der Waals surface area (Å²) in [5.74, 6) is 1.04. The standard InChI is InChI=1S/C19H25N5O2/c1-4-23-9-11-24(12-10-23)18(25)16-13-14(2)20-19(22-16)21-15-7-5-6-8-17(15)26-3/h5-8,13H,4,9-12H2,1-3H3,(H,20,21,22). The molecule has 1 saturated heterocycles. The van der Waals surface area contributed by atoms with Crippen LogP contribution < -0.4 is 10.1 Å². The molecule has 1 aliphatic rings. The maximum Gasteiger partial charge on any atom is 0.272 e. The fraction of sp³-hybridized carbons (Fsp3) is 0.421. The number of ether oxygens (including phenoxy) is 1. The Morgan fingerprint density at radius 2 is 1.92 bits per heavy atom. The molecule has 1 N–H and O–H groups in total. The van der Waals surface area contributed by atoms with Crippen LogP contribution in [-0.4, -0.2) is 65.5 Å². The zero-order valence-electron chi connectivity index (χ0n) is 15.5. The third-order valence-electron chi connectivity index (χ3n) is 4.53. The maximum atomic E-state index is 12.8. The van der Waals surface area contributed by atoms with Gasteiger partial charge >= 0.3 is 0 Å². The second-order valence-electron chi connectivity index (χ2n) is 6.27. The molecule has 0 unspecified atom stereocenters. The van der Waals surface area contributed by atoms with Crippen LogP contribution in [0.15, 0.2) is 30.3 Å². The molecular weight excluding hydrogens is 330 g/mol. The van der Waals surface area contributed by atoms with Gasteiger partial charge in [-0.1, -0.05) is 19.1 Å². The van der Waals surface area contributed by atoms with Crippen LogP contribution in [0.1, 0.15) is 23.1 Å². The second kappa shape index (κ2) is 8.14. The van der Waals surface area contributed by atoms with E-state index in [1.165, 1.54) is 0 Å². The Labute approximate surface area is 154 Å². The number of nitrogens with zero attached hydrogens (tertiary/aromatic N) is 4. The van der Waals surface area contributed by atoms with Crippen LogP contribution >= 0.6 is 0 Å². The number of anilines is 2. The van der Waals surface area contributed by atoms with Crippen molar-refractivity contribution in [2.24, 2.45) is 0 Å². The number of hydrogen-bond donors (Lipinski definition) is 1. The van der Waals surface area contributed by atoms with E-state index >= 15 is 0 Å². The Morgan fingerprint density at radius 1 is 1.19 bits per heavy atom. The molecule has 1 aromatic heterocycles. The van der Waals surface area contributed by atoms with Gasteiger partial charge in [-0.2, -0.15) is 0 Å². The van der Waals surface area contributed by atoms with Gasteiger partial charge in [0.1, 0.15) is 11.4 Å². The van der Waals surface area contributed by atoms with Gasteiger partial charge in [0.05, 0.1) is 12.8 Å². The molecule has 0 atom stereocenters. The summed E-state index contributed by atoms with van der Waals surface area (Å²) in [5.41, 5.74) is 1.92. The molecule has 0 radical (unpaired) electrons. The number of piperazine rings is 1. The topological polar surface area (TPSA) is 70.6 Å². The SMILES string of the molecule is CCN1CCN(C(=O)c2cc(C)nc(Nc3ccccc3OC)n2)CC1. The number of carbonyl (C=O) groups is 1. The van der Waals surface area contributed by atoms with Crippen LogP contribution in [0.4, 0.5) is 11.6 Å². The summed E-state index contributed by atoms with van der Waals surface area (Å²) in [6.45, 7) is 8.27. The van der Waals surface area contributed by atoms with E-state index in [0.29, 0.717) is 17.4 Å². The first kappa shape index (κ1) is 18.1. The van der Waals surface area contributed by atoms with E-state index in [9.17, 15) is 4.79 Å². The molecule has 2 aromatic rings. The van der Waals surface area contributed by atoms with Crippen LogP contribution in [-0.2, 0) is 0 Å². The number of carbonyl (C=O) groups excluding carboxylic acids is 1. The zero-order chi connectivity index (χ0) is 18.5. The largest absolute Gasteiger partial charge is 0.495 e. The summed E-state index contributed by atoms with van der Waals surface area (Å²) in [7, 11) is 1.61. The monoisotopic (exact) mass is 355 g/mol. The molecule has 0 bridgehead atoms. The molecule has 1 aromatic carbocycles. The summed E-state index contributed by atoms with van der Waals surface area (Å²) in [5, 5.41) is 3.15. The number of rotatable bonds is 5. The van der Waals surface area contributed by atoms with Gasteiger partial charge in [0.25, 0.3) is 5.91 Å². The number of aryl methyl sites for hydroxylation is 1. The van der Waals surface area contributed by atoms with E-state index in [1.54, 1.807) is 13.2 Å². The smallest absolute Gasteiger partial charge is 0.272 e. The highest BCUT2D eigenvalue weighted by molar-refractivity contribution is 5.92. The van der Waals surface area contributed by atoms with Crippen molar-refractivity contribution in [2.75, 3.05) is 45.2 Å². The molecule has 138 valence electrons. The van der Waals surface area contributed by atoms with Gasteiger partial charge in [-0.25, -0.2) is 9.97 Å². The van der Waals surface area contributed by atoms with E-state index < -0.39 is 0 Å². The predicted molar refractivity (Wildman–Crippen MR) is 101 cm³/mol. The highest BCUT2D eigenvalue weighted by atomic mass is 16.5. The number of aromatic nitrogens is 2. The Kier molecular flexibility index (Phi) is 5.68. The fourth-order valence-electron chi connectivity index (χ4n) is 3.03. The van der Waals surface area contributed by atoms with Gasteiger partial charge in [0, 0.05) is 31.9 Å². The molecule has 0 saturated carbocycles. The maximum absolute atomic E-state index is 12.8. The minimum atomic E-state index is -0.0469. The zero-order valence-corrected chi connectivity index (χ0v) is 15.5. The second-order valence-corrected chi connectivity index (χ2v) is 6.27. The number of benzene rings is 1. The van der Waals surface area contributed by atoms with Crippen molar-refractivity contribution in [3.63, 3.8) is 0 Å². The Balaban J connectivity index is 1.78. The van der Waals surface area contributed by atoms with Crippen molar-refractivity contribution in [3.05, 3.63) is 41.7 Å². The van der Waals surface area contributed by atoms with Crippen LogP contribution in [0.3, 0.4) is 0 Å². The number of likely N-dealkylation sites (N-methyl/N-ethyl adjacent to an activating group) is 1. The molecule has 26 heavy (non-hydrogen) atoms. The Hall–Kier alpha value is -2.67. The average molecular weight is 355 g/mol. The number of para-hydroxylation sites is 2. The lowest BCUT2D eigenvalue weighted by Crippen LogP contribution is -2.48. The van der Waals surface area contributed by atoms with Crippen LogP contribution in [0.2, 0.25) is 0 Å². The number of amides is 1. The lowest BCUT2D eigenvalue weighted by Gasteiger charge is -2.33. The Morgan fingerprint density at radius 3 is 2.62 bits per heavy atom. The highest BCUT2D eigenvalue weighted by Gasteiger charge is 2.23. The van der Waals surface area contributed by atoms with Crippen molar-refractivity contribution >= 4 is 17.5 Å². The summed E-state index contributed by atoms with van der Waals surface area (Å²) in [6, 6.07) is 9.28. The average Bonchev–Trinajstić information content (AvgIpc) is 2.67. The lowest BCUT2D eigenvalue weighted by molar-refractivity contribution is 0.0637. The molecule has 1 amide bonds. The third-order valence-corrected chi connectivity index (χ3v) is 4.53. The molecule has 0 aliphatic carbocycles. The fourth-order valence-corrected chi connectivity index (χ4v) is 3.03. The summed E-state index contributed by atoms with van der Waals surface area (Å²) in [4.78, 5) is 25.9. The van der Waals surface area contributed by atoms with Gasteiger partial charge in [0.2, 0.25) is 5.95 Å². The molecule has 1 aliphatic heterocycles. The quantitative estimate of drug-likeness (QED) is 0.888. The molecule has 7 nitrogen and oxygen atoms in total. The summed E-state index contributed by atoms with van der Waals surface area (Å²) >= 11 is 0. The summed E-state index contributed by atoms with van der Waals surface area (Å²) < 4.78 is 5.34. The van der Waals surface area contributed by atoms with Gasteiger partial charge in [-0.15, -0.1) is 0 Å². The first-order valence-corrected chi connectivity index (χ1v) is 8.88. The van der Waals surface area contributed by atoms with Gasteiger partial charge in [0.15, 0.2) is 0 Å². The first-order valence-electron chi connectivity index (χ1n) is 8.88. The summed E-state index contributed by atoms with van der Waals surface area (Å²) in [6.07, 6.45) is 0. The van der Waals surface area contributed by atoms with Crippen molar-refractivity contribution < 1.29 is 9.53 Å². The number of hydrogen-bond acceptors (Lipinski definition) is 6. The van der Waals surface area contributed by atoms with Gasteiger partial charge in [-0.3, -0.25) is 4.79 Å². The number of methoxy groups -OCH3 is 1. The molecule has 0 spiro atoms. The van der Waals surface area contributed by atoms with Gasteiger partial charge in [-0.05, 0) is 31.7 Å². The minimum absolute atomic E-state index is 0.0469. The van der Waals surface area contributed by atoms with Gasteiger partial charge < -0.3 is 19.9 Å². The van der Waals surface area contributed by atoms with E-state index in [0.717, 1.165) is 44.1 Å².